The van der Waals surface area contributed by atoms with Gasteiger partial charge in [0.1, 0.15) is 18.1 Å². The number of rotatable bonds is 6. The third kappa shape index (κ3) is 3.72. The molecule has 0 atom stereocenters. The van der Waals surface area contributed by atoms with Gasteiger partial charge in [-0.2, -0.15) is 0 Å². The highest BCUT2D eigenvalue weighted by atomic mass is 35.5. The Balaban J connectivity index is 2.01. The number of hydrogen-bond donors (Lipinski definition) is 2. The summed E-state index contributed by atoms with van der Waals surface area (Å²) in [6, 6.07) is 11.7. The summed E-state index contributed by atoms with van der Waals surface area (Å²) in [5, 5.41) is 18.3. The highest BCUT2D eigenvalue weighted by Crippen LogP contribution is 2.28. The first-order valence-corrected chi connectivity index (χ1v) is 7.64. The second-order valence-corrected chi connectivity index (χ2v) is 5.69. The zero-order valence-corrected chi connectivity index (χ0v) is 13.6. The van der Waals surface area contributed by atoms with Crippen molar-refractivity contribution in [3.63, 3.8) is 0 Å². The summed E-state index contributed by atoms with van der Waals surface area (Å²) in [7, 11) is 0. The van der Waals surface area contributed by atoms with E-state index >= 15 is 0 Å². The van der Waals surface area contributed by atoms with E-state index in [2.05, 4.69) is 4.98 Å². The number of halogens is 1. The van der Waals surface area contributed by atoms with Crippen LogP contribution in [0.15, 0.2) is 42.5 Å². The van der Waals surface area contributed by atoms with E-state index in [9.17, 15) is 14.7 Å². The number of imidazole rings is 1. The Morgan fingerprint density at radius 2 is 1.80 bits per heavy atom. The van der Waals surface area contributed by atoms with Gasteiger partial charge in [0.2, 0.25) is 0 Å². The number of aliphatic carboxylic acids is 2. The summed E-state index contributed by atoms with van der Waals surface area (Å²) in [6.07, 6.45) is 0. The van der Waals surface area contributed by atoms with E-state index in [0.29, 0.717) is 33.2 Å². The maximum Gasteiger partial charge on any atom is 0.341 e. The maximum absolute atomic E-state index is 11.2. The molecule has 3 aromatic rings. The van der Waals surface area contributed by atoms with E-state index in [-0.39, 0.29) is 6.54 Å². The van der Waals surface area contributed by atoms with Gasteiger partial charge in [-0.25, -0.2) is 9.78 Å². The molecule has 25 heavy (non-hydrogen) atoms. The first kappa shape index (κ1) is 16.8. The molecule has 0 radical (unpaired) electrons. The Kier molecular flexibility index (Phi) is 4.58. The molecular weight excluding hydrogens is 348 g/mol. The van der Waals surface area contributed by atoms with Crippen molar-refractivity contribution in [3.05, 3.63) is 47.5 Å². The smallest absolute Gasteiger partial charge is 0.341 e. The Labute approximate surface area is 147 Å². The third-order valence-electron chi connectivity index (χ3n) is 3.48. The molecule has 0 aliphatic rings. The van der Waals surface area contributed by atoms with E-state index in [4.69, 9.17) is 21.4 Å². The largest absolute Gasteiger partial charge is 0.482 e. The van der Waals surface area contributed by atoms with Crippen molar-refractivity contribution in [2.24, 2.45) is 0 Å². The lowest BCUT2D eigenvalue weighted by atomic mass is 10.2. The molecule has 0 amide bonds. The highest BCUT2D eigenvalue weighted by molar-refractivity contribution is 6.31. The normalized spacial score (nSPS) is 10.8. The molecule has 2 aromatic carbocycles. The average Bonchev–Trinajstić information content (AvgIpc) is 2.90. The van der Waals surface area contributed by atoms with E-state index in [1.807, 2.05) is 0 Å². The van der Waals surface area contributed by atoms with Crippen LogP contribution in [0.3, 0.4) is 0 Å². The summed E-state index contributed by atoms with van der Waals surface area (Å²) in [4.78, 5) is 26.2. The van der Waals surface area contributed by atoms with E-state index < -0.39 is 18.5 Å². The predicted molar refractivity (Wildman–Crippen MR) is 90.9 cm³/mol. The Bertz CT molecular complexity index is 950. The van der Waals surface area contributed by atoms with Crippen LogP contribution in [-0.4, -0.2) is 38.3 Å². The van der Waals surface area contributed by atoms with Crippen molar-refractivity contribution in [3.8, 4) is 17.1 Å². The molecule has 0 unspecified atom stereocenters. The van der Waals surface area contributed by atoms with Gasteiger partial charge in [-0.3, -0.25) is 4.79 Å². The first-order valence-electron chi connectivity index (χ1n) is 7.26. The van der Waals surface area contributed by atoms with Crippen LogP contribution in [0.1, 0.15) is 0 Å². The lowest BCUT2D eigenvalue weighted by Crippen LogP contribution is -2.10. The molecule has 2 N–H and O–H groups in total. The van der Waals surface area contributed by atoms with Crippen LogP contribution in [0.4, 0.5) is 0 Å². The summed E-state index contributed by atoms with van der Waals surface area (Å²) in [6.45, 7) is -0.680. The van der Waals surface area contributed by atoms with E-state index in [1.165, 1.54) is 0 Å². The monoisotopic (exact) mass is 360 g/mol. The number of nitrogens with zero attached hydrogens (tertiary/aromatic N) is 2. The van der Waals surface area contributed by atoms with Crippen molar-refractivity contribution < 1.29 is 24.5 Å². The molecule has 8 heteroatoms. The molecule has 0 saturated carbocycles. The van der Waals surface area contributed by atoms with Crippen LogP contribution in [0.2, 0.25) is 5.02 Å². The number of carboxylic acid groups (broad SMARTS) is 2. The topological polar surface area (TPSA) is 102 Å². The molecule has 7 nitrogen and oxygen atoms in total. The van der Waals surface area contributed by atoms with Crippen molar-refractivity contribution in [1.82, 2.24) is 9.55 Å². The molecule has 3 rings (SSSR count). The van der Waals surface area contributed by atoms with Crippen LogP contribution in [0.25, 0.3) is 22.4 Å². The maximum atomic E-state index is 11.2. The molecule has 1 aromatic heterocycles. The fourth-order valence-electron chi connectivity index (χ4n) is 2.46. The Morgan fingerprint density at radius 3 is 2.44 bits per heavy atom. The Hall–Kier alpha value is -3.06. The fourth-order valence-corrected chi connectivity index (χ4v) is 2.63. The lowest BCUT2D eigenvalue weighted by molar-refractivity contribution is -0.139. The molecule has 0 fully saturated rings. The fraction of sp³-hybridized carbons (Fsp3) is 0.118. The summed E-state index contributed by atoms with van der Waals surface area (Å²) >= 11 is 5.98. The van der Waals surface area contributed by atoms with E-state index in [1.54, 1.807) is 47.0 Å². The molecule has 1 heterocycles. The van der Waals surface area contributed by atoms with Crippen molar-refractivity contribution in [2.75, 3.05) is 6.61 Å². The molecule has 0 aliphatic heterocycles. The number of ether oxygens (including phenoxy) is 1. The SMILES string of the molecule is O=C(O)COc1ccc(-c2nc3cc(Cl)ccc3n2CC(=O)O)cc1. The van der Waals surface area contributed by atoms with Crippen molar-refractivity contribution in [2.45, 2.75) is 6.54 Å². The Morgan fingerprint density at radius 1 is 1.08 bits per heavy atom. The van der Waals surface area contributed by atoms with Gasteiger partial charge >= 0.3 is 11.9 Å². The van der Waals surface area contributed by atoms with Gasteiger partial charge in [0.15, 0.2) is 6.61 Å². The number of benzene rings is 2. The number of aromatic nitrogens is 2. The number of fused-ring (bicyclic) bond motifs is 1. The summed E-state index contributed by atoms with van der Waals surface area (Å²) in [5.74, 6) is -1.18. The third-order valence-corrected chi connectivity index (χ3v) is 3.71. The van der Waals surface area contributed by atoms with Crippen LogP contribution in [0.5, 0.6) is 5.75 Å². The van der Waals surface area contributed by atoms with Crippen LogP contribution in [0, 0.1) is 0 Å². The minimum Gasteiger partial charge on any atom is -0.482 e. The zero-order valence-electron chi connectivity index (χ0n) is 12.8. The van der Waals surface area contributed by atoms with Gasteiger partial charge in [0.25, 0.3) is 0 Å². The number of carbonyl (C=O) groups is 2. The molecule has 0 spiro atoms. The van der Waals surface area contributed by atoms with Crippen LogP contribution in [-0.2, 0) is 16.1 Å². The number of carboxylic acids is 2. The molecule has 0 saturated heterocycles. The van der Waals surface area contributed by atoms with Gasteiger partial charge < -0.3 is 19.5 Å². The predicted octanol–water partition coefficient (Wildman–Crippen LogP) is 2.90. The number of hydrogen-bond acceptors (Lipinski definition) is 4. The van der Waals surface area contributed by atoms with Gasteiger partial charge in [-0.15, -0.1) is 0 Å². The molecule has 0 aliphatic carbocycles. The molecule has 128 valence electrons. The summed E-state index contributed by atoms with van der Waals surface area (Å²) in [5.41, 5.74) is 1.93. The van der Waals surface area contributed by atoms with Gasteiger partial charge in [0, 0.05) is 10.6 Å². The summed E-state index contributed by atoms with van der Waals surface area (Å²) < 4.78 is 6.67. The molecular formula is C17H13ClN2O5. The van der Waals surface area contributed by atoms with E-state index in [0.717, 1.165) is 0 Å². The van der Waals surface area contributed by atoms with Crippen LogP contribution < -0.4 is 4.74 Å². The standard InChI is InChI=1S/C17H13ClN2O5/c18-11-3-6-14-13(7-11)19-17(20(14)8-15(21)22)10-1-4-12(5-2-10)25-9-16(23)24/h1-7H,8-9H2,(H,21,22)(H,23,24). The van der Waals surface area contributed by atoms with Gasteiger partial charge in [0.05, 0.1) is 11.0 Å². The average molecular weight is 361 g/mol. The van der Waals surface area contributed by atoms with Crippen LogP contribution >= 0.6 is 11.6 Å². The van der Waals surface area contributed by atoms with Crippen molar-refractivity contribution in [1.29, 1.82) is 0 Å². The van der Waals surface area contributed by atoms with Gasteiger partial charge in [-0.1, -0.05) is 11.6 Å². The lowest BCUT2D eigenvalue weighted by Gasteiger charge is -2.08. The first-order chi connectivity index (χ1) is 11.9. The van der Waals surface area contributed by atoms with Crippen molar-refractivity contribution >= 4 is 34.6 Å². The molecule has 0 bridgehead atoms. The quantitative estimate of drug-likeness (QED) is 0.700. The second kappa shape index (κ2) is 6.82. The zero-order chi connectivity index (χ0) is 18.0. The minimum absolute atomic E-state index is 0.245. The highest BCUT2D eigenvalue weighted by Gasteiger charge is 2.15. The second-order valence-electron chi connectivity index (χ2n) is 5.26. The minimum atomic E-state index is -1.07. The van der Waals surface area contributed by atoms with Gasteiger partial charge in [-0.05, 0) is 42.5 Å².